The first-order valence-corrected chi connectivity index (χ1v) is 6.68. The van der Waals surface area contributed by atoms with Crippen LogP contribution in [0.25, 0.3) is 22.3 Å². The van der Waals surface area contributed by atoms with Gasteiger partial charge in [-0.1, -0.05) is 18.2 Å². The molecular weight excluding hydrogens is 266 g/mol. The molecule has 21 heavy (non-hydrogen) atoms. The van der Waals surface area contributed by atoms with Crippen LogP contribution in [0, 0.1) is 0 Å². The molecule has 0 saturated carbocycles. The van der Waals surface area contributed by atoms with Crippen LogP contribution in [0.1, 0.15) is 17.4 Å². The molecule has 1 amide bonds. The topological polar surface area (TPSA) is 96.7 Å². The quantitative estimate of drug-likeness (QED) is 0.682. The zero-order valence-corrected chi connectivity index (χ0v) is 11.6. The van der Waals surface area contributed by atoms with Crippen molar-refractivity contribution < 1.29 is 4.79 Å². The van der Waals surface area contributed by atoms with Gasteiger partial charge in [0.15, 0.2) is 5.69 Å². The van der Waals surface area contributed by atoms with Gasteiger partial charge in [0.2, 0.25) is 0 Å². The number of hydrogen-bond acceptors (Lipinski definition) is 4. The maximum Gasteiger partial charge on any atom is 0.269 e. The lowest BCUT2D eigenvalue weighted by Gasteiger charge is -2.07. The minimum absolute atomic E-state index is 0.156. The Morgan fingerprint density at radius 3 is 2.90 bits per heavy atom. The average molecular weight is 281 g/mol. The summed E-state index contributed by atoms with van der Waals surface area (Å²) < 4.78 is 0. The van der Waals surface area contributed by atoms with E-state index in [9.17, 15) is 4.79 Å². The number of rotatable bonds is 4. The average Bonchev–Trinajstić information content (AvgIpc) is 2.91. The zero-order valence-electron chi connectivity index (χ0n) is 11.6. The molecule has 0 spiro atoms. The first-order valence-electron chi connectivity index (χ1n) is 6.68. The van der Waals surface area contributed by atoms with Gasteiger partial charge in [0.1, 0.15) is 11.5 Å². The Labute approximate surface area is 121 Å². The fraction of sp³-hybridized carbons (Fsp3) is 0.133. The zero-order chi connectivity index (χ0) is 14.8. The molecular formula is C15H15N5O. The Balaban J connectivity index is 2.18. The van der Waals surface area contributed by atoms with E-state index in [0.717, 1.165) is 23.1 Å². The van der Waals surface area contributed by atoms with Gasteiger partial charge < -0.3 is 16.0 Å². The van der Waals surface area contributed by atoms with Crippen LogP contribution in [0.15, 0.2) is 36.5 Å². The maximum atomic E-state index is 11.6. The van der Waals surface area contributed by atoms with E-state index in [2.05, 4.69) is 20.3 Å². The number of anilines is 1. The van der Waals surface area contributed by atoms with Gasteiger partial charge in [0.05, 0.1) is 11.9 Å². The molecule has 0 saturated heterocycles. The number of nitrogens with zero attached hydrogens (tertiary/aromatic N) is 2. The van der Waals surface area contributed by atoms with Crippen molar-refractivity contribution in [3.8, 4) is 11.4 Å². The predicted molar refractivity (Wildman–Crippen MR) is 82.0 cm³/mol. The smallest absolute Gasteiger partial charge is 0.269 e. The first-order chi connectivity index (χ1) is 10.2. The van der Waals surface area contributed by atoms with Crippen LogP contribution in [0.4, 0.5) is 5.82 Å². The van der Waals surface area contributed by atoms with Gasteiger partial charge in [-0.15, -0.1) is 0 Å². The number of benzene rings is 1. The molecule has 0 unspecified atom stereocenters. The number of carbonyl (C=O) groups excluding carboxylic acids is 1. The van der Waals surface area contributed by atoms with Crippen LogP contribution < -0.4 is 11.1 Å². The summed E-state index contributed by atoms with van der Waals surface area (Å²) in [5.74, 6) is 0.00959. The second kappa shape index (κ2) is 5.24. The highest BCUT2D eigenvalue weighted by Crippen LogP contribution is 2.25. The van der Waals surface area contributed by atoms with Crippen molar-refractivity contribution in [2.75, 3.05) is 11.9 Å². The Hall–Kier alpha value is -2.89. The highest BCUT2D eigenvalue weighted by molar-refractivity contribution is 5.98. The molecule has 6 heteroatoms. The number of nitrogens with one attached hydrogen (secondary N) is 2. The maximum absolute atomic E-state index is 11.6. The molecule has 4 N–H and O–H groups in total. The third-order valence-electron chi connectivity index (χ3n) is 3.15. The summed E-state index contributed by atoms with van der Waals surface area (Å²) in [4.78, 5) is 23.4. The van der Waals surface area contributed by atoms with Crippen molar-refractivity contribution in [1.82, 2.24) is 15.0 Å². The molecule has 0 atom stereocenters. The summed E-state index contributed by atoms with van der Waals surface area (Å²) in [6.07, 6.45) is 1.51. The Morgan fingerprint density at radius 1 is 1.38 bits per heavy atom. The van der Waals surface area contributed by atoms with Gasteiger partial charge in [0, 0.05) is 17.4 Å². The standard InChI is InChI=1S/C15H15N5O/c1-2-17-12-8-18-14(15(16)21)13(20-12)11-7-9-5-3-4-6-10(9)19-11/h3-8,19H,2H2,1H3,(H2,16,21)(H,17,20). The number of H-pyrrole nitrogens is 1. The van der Waals surface area contributed by atoms with Crippen LogP contribution in [-0.4, -0.2) is 27.4 Å². The van der Waals surface area contributed by atoms with Crippen molar-refractivity contribution >= 4 is 22.6 Å². The van der Waals surface area contributed by atoms with Gasteiger partial charge in [-0.3, -0.25) is 4.79 Å². The van der Waals surface area contributed by atoms with Crippen LogP contribution in [0.5, 0.6) is 0 Å². The molecule has 0 bridgehead atoms. The lowest BCUT2D eigenvalue weighted by atomic mass is 10.2. The van der Waals surface area contributed by atoms with E-state index >= 15 is 0 Å². The minimum atomic E-state index is -0.598. The van der Waals surface area contributed by atoms with Crippen LogP contribution in [0.2, 0.25) is 0 Å². The summed E-state index contributed by atoms with van der Waals surface area (Å²) in [6.45, 7) is 2.68. The van der Waals surface area contributed by atoms with Crippen molar-refractivity contribution in [3.05, 3.63) is 42.2 Å². The molecule has 0 aliphatic heterocycles. The number of para-hydroxylation sites is 1. The normalized spacial score (nSPS) is 10.7. The largest absolute Gasteiger partial charge is 0.369 e. The summed E-state index contributed by atoms with van der Waals surface area (Å²) >= 11 is 0. The third kappa shape index (κ3) is 2.43. The fourth-order valence-corrected chi connectivity index (χ4v) is 2.22. The molecule has 0 aliphatic carbocycles. The summed E-state index contributed by atoms with van der Waals surface area (Å²) in [7, 11) is 0. The first kappa shape index (κ1) is 13.1. The van der Waals surface area contributed by atoms with Gasteiger partial charge in [0.25, 0.3) is 5.91 Å². The number of carbonyl (C=O) groups is 1. The second-order valence-corrected chi connectivity index (χ2v) is 4.62. The van der Waals surface area contributed by atoms with Crippen LogP contribution in [-0.2, 0) is 0 Å². The number of aromatic nitrogens is 3. The van der Waals surface area contributed by atoms with E-state index in [1.54, 1.807) is 0 Å². The Kier molecular flexibility index (Phi) is 3.27. The summed E-state index contributed by atoms with van der Waals surface area (Å²) in [5.41, 5.74) is 7.70. The molecule has 2 aromatic heterocycles. The lowest BCUT2D eigenvalue weighted by Crippen LogP contribution is -2.16. The molecule has 3 rings (SSSR count). The third-order valence-corrected chi connectivity index (χ3v) is 3.15. The lowest BCUT2D eigenvalue weighted by molar-refractivity contribution is 0.0996. The number of fused-ring (bicyclic) bond motifs is 1. The SMILES string of the molecule is CCNc1cnc(C(N)=O)c(-c2cc3ccccc3[nH]2)n1. The molecule has 0 aliphatic rings. The number of hydrogen-bond donors (Lipinski definition) is 3. The van der Waals surface area contributed by atoms with E-state index in [1.165, 1.54) is 6.20 Å². The highest BCUT2D eigenvalue weighted by Gasteiger charge is 2.16. The monoisotopic (exact) mass is 281 g/mol. The summed E-state index contributed by atoms with van der Waals surface area (Å²) in [5, 5.41) is 4.12. The van der Waals surface area contributed by atoms with Crippen molar-refractivity contribution in [2.45, 2.75) is 6.92 Å². The van der Waals surface area contributed by atoms with E-state index < -0.39 is 5.91 Å². The van der Waals surface area contributed by atoms with E-state index in [1.807, 2.05) is 37.3 Å². The van der Waals surface area contributed by atoms with E-state index in [-0.39, 0.29) is 5.69 Å². The predicted octanol–water partition coefficient (Wildman–Crippen LogP) is 2.16. The number of amides is 1. The van der Waals surface area contributed by atoms with E-state index in [0.29, 0.717) is 11.5 Å². The van der Waals surface area contributed by atoms with Crippen molar-refractivity contribution in [2.24, 2.45) is 5.73 Å². The van der Waals surface area contributed by atoms with Crippen molar-refractivity contribution in [1.29, 1.82) is 0 Å². The Bertz CT molecular complexity index is 776. The highest BCUT2D eigenvalue weighted by atomic mass is 16.1. The van der Waals surface area contributed by atoms with Crippen LogP contribution >= 0.6 is 0 Å². The van der Waals surface area contributed by atoms with Crippen LogP contribution in [0.3, 0.4) is 0 Å². The number of nitrogens with two attached hydrogens (primary N) is 1. The molecule has 2 heterocycles. The molecule has 1 aromatic carbocycles. The number of aromatic amines is 1. The van der Waals surface area contributed by atoms with Crippen molar-refractivity contribution in [3.63, 3.8) is 0 Å². The molecule has 3 aromatic rings. The molecule has 0 fully saturated rings. The number of primary amides is 1. The molecule has 0 radical (unpaired) electrons. The molecule has 106 valence electrons. The summed E-state index contributed by atoms with van der Waals surface area (Å²) in [6, 6.07) is 9.78. The van der Waals surface area contributed by atoms with Gasteiger partial charge in [-0.05, 0) is 19.1 Å². The minimum Gasteiger partial charge on any atom is -0.369 e. The van der Waals surface area contributed by atoms with Gasteiger partial charge in [-0.2, -0.15) is 0 Å². The second-order valence-electron chi connectivity index (χ2n) is 4.62. The van der Waals surface area contributed by atoms with Gasteiger partial charge >= 0.3 is 0 Å². The fourth-order valence-electron chi connectivity index (χ4n) is 2.22. The van der Waals surface area contributed by atoms with Gasteiger partial charge in [-0.25, -0.2) is 9.97 Å². The van der Waals surface area contributed by atoms with E-state index in [4.69, 9.17) is 5.73 Å². The Morgan fingerprint density at radius 2 is 2.19 bits per heavy atom. The molecule has 6 nitrogen and oxygen atoms in total.